The molecule has 1 aliphatic rings. The van der Waals surface area contributed by atoms with Gasteiger partial charge in [-0.25, -0.2) is 0 Å². The van der Waals surface area contributed by atoms with Crippen LogP contribution in [0.5, 0.6) is 0 Å². The van der Waals surface area contributed by atoms with Crippen molar-refractivity contribution in [3.05, 3.63) is 35.4 Å². The van der Waals surface area contributed by atoms with Crippen molar-refractivity contribution in [2.45, 2.75) is 44.8 Å². The summed E-state index contributed by atoms with van der Waals surface area (Å²) in [7, 11) is 0. The quantitative estimate of drug-likeness (QED) is 0.821. The minimum absolute atomic E-state index is 0.267. The van der Waals surface area contributed by atoms with E-state index in [0.29, 0.717) is 0 Å². The maximum absolute atomic E-state index is 10.2. The molecular weight excluding hydrogens is 200 g/mol. The largest absolute Gasteiger partial charge is 0.390 e. The van der Waals surface area contributed by atoms with Crippen LogP contribution >= 0.6 is 0 Å². The molecule has 2 N–H and O–H groups in total. The number of fused-ring (bicyclic) bond motifs is 1. The Labute approximate surface area is 96.9 Å². The minimum atomic E-state index is -0.630. The second-order valence-corrected chi connectivity index (χ2v) is 5.46. The van der Waals surface area contributed by atoms with Gasteiger partial charge in [0.15, 0.2) is 0 Å². The molecule has 2 heteroatoms. The van der Waals surface area contributed by atoms with Gasteiger partial charge in [-0.2, -0.15) is 0 Å². The predicted octanol–water partition coefficient (Wildman–Crippen LogP) is 2.44. The zero-order chi connectivity index (χ0) is 11.8. The molecule has 0 bridgehead atoms. The third-order valence-corrected chi connectivity index (χ3v) is 3.43. The second kappa shape index (κ2) is 4.19. The van der Waals surface area contributed by atoms with Gasteiger partial charge >= 0.3 is 0 Å². The van der Waals surface area contributed by atoms with Crippen LogP contribution in [-0.4, -0.2) is 15.8 Å². The standard InChI is InChI=1S/C14H20O2/c1-14(2,16)8-7-11-9-10-5-3-4-6-12(10)13(11)15/h3-6,11,13,15-16H,7-9H2,1-2H3. The molecule has 0 saturated carbocycles. The Hall–Kier alpha value is -0.860. The van der Waals surface area contributed by atoms with Crippen molar-refractivity contribution in [1.82, 2.24) is 0 Å². The average Bonchev–Trinajstić information content (AvgIpc) is 2.53. The summed E-state index contributed by atoms with van der Waals surface area (Å²) in [5.41, 5.74) is 1.70. The highest BCUT2D eigenvalue weighted by Gasteiger charge is 2.31. The van der Waals surface area contributed by atoms with Crippen molar-refractivity contribution in [1.29, 1.82) is 0 Å². The third-order valence-electron chi connectivity index (χ3n) is 3.43. The number of hydrogen-bond acceptors (Lipinski definition) is 2. The van der Waals surface area contributed by atoms with Gasteiger partial charge in [-0.05, 0) is 50.2 Å². The van der Waals surface area contributed by atoms with Crippen LogP contribution in [0, 0.1) is 5.92 Å². The molecule has 0 radical (unpaired) electrons. The molecule has 2 rings (SSSR count). The Morgan fingerprint density at radius 3 is 2.62 bits per heavy atom. The highest BCUT2D eigenvalue weighted by atomic mass is 16.3. The first kappa shape index (κ1) is 11.6. The van der Waals surface area contributed by atoms with Crippen LogP contribution in [0.3, 0.4) is 0 Å². The van der Waals surface area contributed by atoms with Gasteiger partial charge in [0.05, 0.1) is 11.7 Å². The molecule has 0 fully saturated rings. The fourth-order valence-corrected chi connectivity index (χ4v) is 2.46. The zero-order valence-electron chi connectivity index (χ0n) is 9.98. The number of benzene rings is 1. The van der Waals surface area contributed by atoms with E-state index in [4.69, 9.17) is 0 Å². The zero-order valence-corrected chi connectivity index (χ0v) is 9.98. The lowest BCUT2D eigenvalue weighted by Gasteiger charge is -2.21. The number of hydrogen-bond donors (Lipinski definition) is 2. The van der Waals surface area contributed by atoms with Crippen molar-refractivity contribution in [3.8, 4) is 0 Å². The molecule has 0 aliphatic heterocycles. The van der Waals surface area contributed by atoms with E-state index in [-0.39, 0.29) is 12.0 Å². The molecule has 1 aromatic rings. The highest BCUT2D eigenvalue weighted by molar-refractivity contribution is 5.34. The fraction of sp³-hybridized carbons (Fsp3) is 0.571. The van der Waals surface area contributed by atoms with Gasteiger partial charge in [-0.15, -0.1) is 0 Å². The van der Waals surface area contributed by atoms with Gasteiger partial charge in [0.1, 0.15) is 0 Å². The topological polar surface area (TPSA) is 40.5 Å². The summed E-state index contributed by atoms with van der Waals surface area (Å²) in [6.45, 7) is 3.64. The second-order valence-electron chi connectivity index (χ2n) is 5.46. The monoisotopic (exact) mass is 220 g/mol. The molecule has 0 spiro atoms. The van der Waals surface area contributed by atoms with Crippen LogP contribution in [0.25, 0.3) is 0 Å². The molecule has 0 saturated heterocycles. The average molecular weight is 220 g/mol. The molecule has 16 heavy (non-hydrogen) atoms. The number of aliphatic hydroxyl groups is 2. The molecular formula is C14H20O2. The summed E-state index contributed by atoms with van der Waals surface area (Å²) in [5.74, 6) is 0.267. The van der Waals surface area contributed by atoms with Crippen LogP contribution < -0.4 is 0 Å². The maximum Gasteiger partial charge on any atom is 0.0824 e. The molecule has 2 unspecified atom stereocenters. The summed E-state index contributed by atoms with van der Waals surface area (Å²) in [6, 6.07) is 8.08. The predicted molar refractivity (Wildman–Crippen MR) is 64.1 cm³/mol. The maximum atomic E-state index is 10.2. The SMILES string of the molecule is CC(C)(O)CCC1Cc2ccccc2C1O. The first-order valence-corrected chi connectivity index (χ1v) is 5.95. The summed E-state index contributed by atoms with van der Waals surface area (Å²) >= 11 is 0. The van der Waals surface area contributed by atoms with E-state index < -0.39 is 5.60 Å². The van der Waals surface area contributed by atoms with E-state index in [9.17, 15) is 10.2 Å². The van der Waals surface area contributed by atoms with Crippen molar-refractivity contribution >= 4 is 0 Å². The number of rotatable bonds is 3. The van der Waals surface area contributed by atoms with Gasteiger partial charge in [0.25, 0.3) is 0 Å². The Kier molecular flexibility index (Phi) is 3.04. The van der Waals surface area contributed by atoms with Gasteiger partial charge in [-0.3, -0.25) is 0 Å². The van der Waals surface area contributed by atoms with Gasteiger partial charge in [0, 0.05) is 0 Å². The first-order valence-electron chi connectivity index (χ1n) is 5.95. The molecule has 2 atom stereocenters. The molecule has 1 aromatic carbocycles. The lowest BCUT2D eigenvalue weighted by atomic mass is 9.92. The molecule has 0 heterocycles. The Morgan fingerprint density at radius 2 is 2.00 bits per heavy atom. The van der Waals surface area contributed by atoms with Crippen LogP contribution in [-0.2, 0) is 6.42 Å². The highest BCUT2D eigenvalue weighted by Crippen LogP contribution is 2.39. The summed E-state index contributed by atoms with van der Waals surface area (Å²) in [6.07, 6.45) is 2.20. The van der Waals surface area contributed by atoms with Gasteiger partial charge < -0.3 is 10.2 Å². The Bertz CT molecular complexity index is 365. The van der Waals surface area contributed by atoms with Crippen LogP contribution in [0.4, 0.5) is 0 Å². The van der Waals surface area contributed by atoms with E-state index >= 15 is 0 Å². The van der Waals surface area contributed by atoms with E-state index in [2.05, 4.69) is 6.07 Å². The first-order chi connectivity index (χ1) is 7.47. The summed E-state index contributed by atoms with van der Waals surface area (Å²) in [4.78, 5) is 0. The summed E-state index contributed by atoms with van der Waals surface area (Å²) < 4.78 is 0. The normalized spacial score (nSPS) is 24.5. The van der Waals surface area contributed by atoms with Crippen molar-refractivity contribution < 1.29 is 10.2 Å². The van der Waals surface area contributed by atoms with Crippen molar-refractivity contribution in [2.24, 2.45) is 5.92 Å². The lowest BCUT2D eigenvalue weighted by Crippen LogP contribution is -2.21. The van der Waals surface area contributed by atoms with Crippen LogP contribution in [0.15, 0.2) is 24.3 Å². The summed E-state index contributed by atoms with van der Waals surface area (Å²) in [5, 5.41) is 19.9. The Morgan fingerprint density at radius 1 is 1.31 bits per heavy atom. The fourth-order valence-electron chi connectivity index (χ4n) is 2.46. The van der Waals surface area contributed by atoms with Gasteiger partial charge in [0.2, 0.25) is 0 Å². The van der Waals surface area contributed by atoms with E-state index in [1.807, 2.05) is 32.0 Å². The molecule has 1 aliphatic carbocycles. The van der Waals surface area contributed by atoms with E-state index in [1.165, 1.54) is 5.56 Å². The molecule has 0 amide bonds. The van der Waals surface area contributed by atoms with E-state index in [0.717, 1.165) is 24.8 Å². The van der Waals surface area contributed by atoms with E-state index in [1.54, 1.807) is 0 Å². The third kappa shape index (κ3) is 2.45. The van der Waals surface area contributed by atoms with Crippen LogP contribution in [0.2, 0.25) is 0 Å². The smallest absolute Gasteiger partial charge is 0.0824 e. The Balaban J connectivity index is 2.02. The lowest BCUT2D eigenvalue weighted by molar-refractivity contribution is 0.0483. The number of aliphatic hydroxyl groups excluding tert-OH is 1. The van der Waals surface area contributed by atoms with Gasteiger partial charge in [-0.1, -0.05) is 24.3 Å². The molecule has 0 aromatic heterocycles. The van der Waals surface area contributed by atoms with Crippen molar-refractivity contribution in [2.75, 3.05) is 0 Å². The minimum Gasteiger partial charge on any atom is -0.390 e. The van der Waals surface area contributed by atoms with Crippen molar-refractivity contribution in [3.63, 3.8) is 0 Å². The van der Waals surface area contributed by atoms with Crippen LogP contribution in [0.1, 0.15) is 43.9 Å². The molecule has 88 valence electrons. The molecule has 2 nitrogen and oxygen atoms in total.